The van der Waals surface area contributed by atoms with Crippen LogP contribution < -0.4 is 21.7 Å². The van der Waals surface area contributed by atoms with Crippen LogP contribution in [-0.4, -0.2) is 84.4 Å². The van der Waals surface area contributed by atoms with Crippen LogP contribution in [0.2, 0.25) is 0 Å². The topological polar surface area (TPSA) is 205 Å². The van der Waals surface area contributed by atoms with Crippen molar-refractivity contribution in [2.24, 2.45) is 11.7 Å². The van der Waals surface area contributed by atoms with Gasteiger partial charge in [-0.1, -0.05) is 13.8 Å². The molecule has 2 unspecified atom stereocenters. The molecular weight excluding hydrogens is 446 g/mol. The van der Waals surface area contributed by atoms with E-state index in [1.807, 2.05) is 0 Å². The standard InChI is InChI=1S/C18H29N5O8S/c1-10(2)15(18(28)21-11(3)16(26)20-8-7-19)22-17(27)12(32(29,30)31)6-9-23-13(24)4-5-14(23)25/h4-5,10-12,15H,6-9,19H2,1-3H3,(H,20,26)(H,21,28)(H,22,27)(H,29,30,31)/t11-,12?,15?/m0/s1. The van der Waals surface area contributed by atoms with Crippen molar-refractivity contribution in [2.75, 3.05) is 19.6 Å². The van der Waals surface area contributed by atoms with E-state index in [0.29, 0.717) is 0 Å². The maximum atomic E-state index is 12.6. The van der Waals surface area contributed by atoms with E-state index in [2.05, 4.69) is 16.0 Å². The average molecular weight is 476 g/mol. The first-order valence-electron chi connectivity index (χ1n) is 9.88. The Balaban J connectivity index is 2.87. The molecule has 0 saturated heterocycles. The van der Waals surface area contributed by atoms with Crippen LogP contribution in [0.4, 0.5) is 0 Å². The van der Waals surface area contributed by atoms with Gasteiger partial charge in [-0.3, -0.25) is 33.4 Å². The van der Waals surface area contributed by atoms with Gasteiger partial charge >= 0.3 is 0 Å². The van der Waals surface area contributed by atoms with Crippen LogP contribution >= 0.6 is 0 Å². The smallest absolute Gasteiger partial charge is 0.277 e. The number of nitrogens with one attached hydrogen (secondary N) is 3. The summed E-state index contributed by atoms with van der Waals surface area (Å²) in [5, 5.41) is 5.15. The quantitative estimate of drug-likeness (QED) is 0.147. The number of carbonyl (C=O) groups is 5. The molecule has 1 aliphatic rings. The van der Waals surface area contributed by atoms with E-state index in [1.54, 1.807) is 13.8 Å². The van der Waals surface area contributed by atoms with Crippen molar-refractivity contribution in [1.29, 1.82) is 0 Å². The van der Waals surface area contributed by atoms with E-state index in [1.165, 1.54) is 6.92 Å². The van der Waals surface area contributed by atoms with Crippen LogP contribution in [0, 0.1) is 5.92 Å². The summed E-state index contributed by atoms with van der Waals surface area (Å²) in [6.45, 7) is 4.57. The van der Waals surface area contributed by atoms with E-state index >= 15 is 0 Å². The summed E-state index contributed by atoms with van der Waals surface area (Å²) in [7, 11) is -4.92. The van der Waals surface area contributed by atoms with Gasteiger partial charge in [0.15, 0.2) is 5.25 Å². The minimum Gasteiger partial charge on any atom is -0.353 e. The molecule has 14 heteroatoms. The fourth-order valence-electron chi connectivity index (χ4n) is 2.81. The van der Waals surface area contributed by atoms with E-state index in [4.69, 9.17) is 5.73 Å². The lowest BCUT2D eigenvalue weighted by Gasteiger charge is -2.25. The van der Waals surface area contributed by atoms with E-state index in [0.717, 1.165) is 17.1 Å². The maximum Gasteiger partial charge on any atom is 0.277 e. The molecule has 32 heavy (non-hydrogen) atoms. The fourth-order valence-corrected chi connectivity index (χ4v) is 3.55. The molecule has 0 aliphatic carbocycles. The molecule has 0 aromatic carbocycles. The lowest BCUT2D eigenvalue weighted by atomic mass is 10.0. The average Bonchev–Trinajstić information content (AvgIpc) is 3.00. The van der Waals surface area contributed by atoms with Crippen LogP contribution in [0.25, 0.3) is 0 Å². The highest BCUT2D eigenvalue weighted by atomic mass is 32.2. The molecule has 0 radical (unpaired) electrons. The van der Waals surface area contributed by atoms with Crippen molar-refractivity contribution in [3.63, 3.8) is 0 Å². The van der Waals surface area contributed by atoms with Gasteiger partial charge < -0.3 is 21.7 Å². The molecular formula is C18H29N5O8S. The Morgan fingerprint density at radius 2 is 1.59 bits per heavy atom. The summed E-state index contributed by atoms with van der Waals surface area (Å²) in [6.07, 6.45) is 1.41. The summed E-state index contributed by atoms with van der Waals surface area (Å²) in [6, 6.07) is -2.18. The van der Waals surface area contributed by atoms with Crippen molar-refractivity contribution in [3.05, 3.63) is 12.2 Å². The first-order valence-corrected chi connectivity index (χ1v) is 11.4. The number of imide groups is 1. The van der Waals surface area contributed by atoms with E-state index < -0.39 is 75.9 Å². The number of hydrogen-bond donors (Lipinski definition) is 5. The fraction of sp³-hybridized carbons (Fsp3) is 0.611. The van der Waals surface area contributed by atoms with Crippen molar-refractivity contribution in [2.45, 2.75) is 44.5 Å². The third-order valence-electron chi connectivity index (χ3n) is 4.61. The van der Waals surface area contributed by atoms with Crippen LogP contribution in [0.5, 0.6) is 0 Å². The summed E-state index contributed by atoms with van der Waals surface area (Å²) in [4.78, 5) is 61.0. The normalized spacial score (nSPS) is 16.6. The Bertz CT molecular complexity index is 868. The number of rotatable bonds is 12. The van der Waals surface area contributed by atoms with Crippen LogP contribution in [0.1, 0.15) is 27.2 Å². The SMILES string of the molecule is CC(C)C(NC(=O)C(CCN1C(=O)C=CC1=O)S(=O)(=O)O)C(=O)N[C@@H](C)C(=O)NCCN. The van der Waals surface area contributed by atoms with Gasteiger partial charge in [-0.15, -0.1) is 0 Å². The van der Waals surface area contributed by atoms with Gasteiger partial charge in [0.2, 0.25) is 17.7 Å². The molecule has 0 aromatic rings. The second-order valence-electron chi connectivity index (χ2n) is 7.49. The highest BCUT2D eigenvalue weighted by Crippen LogP contribution is 2.12. The molecule has 1 heterocycles. The van der Waals surface area contributed by atoms with Crippen molar-refractivity contribution >= 4 is 39.7 Å². The van der Waals surface area contributed by atoms with Crippen LogP contribution in [0.3, 0.4) is 0 Å². The third-order valence-corrected chi connectivity index (χ3v) is 5.78. The van der Waals surface area contributed by atoms with E-state index in [-0.39, 0.29) is 13.1 Å². The van der Waals surface area contributed by atoms with Gasteiger partial charge in [-0.25, -0.2) is 0 Å². The zero-order valence-electron chi connectivity index (χ0n) is 18.0. The number of amides is 5. The van der Waals surface area contributed by atoms with Gasteiger partial charge in [0.25, 0.3) is 21.9 Å². The first-order chi connectivity index (χ1) is 14.8. The van der Waals surface area contributed by atoms with Crippen LogP contribution in [0.15, 0.2) is 12.2 Å². The minimum absolute atomic E-state index is 0.205. The number of carbonyl (C=O) groups excluding carboxylic acids is 5. The van der Waals surface area contributed by atoms with Gasteiger partial charge in [-0.2, -0.15) is 8.42 Å². The van der Waals surface area contributed by atoms with Gasteiger partial charge in [0, 0.05) is 31.8 Å². The Morgan fingerprint density at radius 3 is 2.06 bits per heavy atom. The predicted molar refractivity (Wildman–Crippen MR) is 112 cm³/mol. The monoisotopic (exact) mass is 475 g/mol. The molecule has 0 spiro atoms. The molecule has 180 valence electrons. The van der Waals surface area contributed by atoms with Gasteiger partial charge in [0.1, 0.15) is 12.1 Å². The van der Waals surface area contributed by atoms with Crippen molar-refractivity contribution in [3.8, 4) is 0 Å². The summed E-state index contributed by atoms with van der Waals surface area (Å²) < 4.78 is 33.0. The highest BCUT2D eigenvalue weighted by Gasteiger charge is 2.36. The molecule has 0 bridgehead atoms. The Kier molecular flexibility index (Phi) is 9.93. The zero-order chi connectivity index (χ0) is 24.6. The lowest BCUT2D eigenvalue weighted by molar-refractivity contribution is -0.137. The molecule has 13 nitrogen and oxygen atoms in total. The minimum atomic E-state index is -4.92. The second-order valence-corrected chi connectivity index (χ2v) is 9.09. The molecule has 0 aromatic heterocycles. The number of hydrogen-bond acceptors (Lipinski definition) is 8. The largest absolute Gasteiger partial charge is 0.353 e. The lowest BCUT2D eigenvalue weighted by Crippen LogP contribution is -2.56. The summed E-state index contributed by atoms with van der Waals surface area (Å²) in [5.41, 5.74) is 5.30. The first kappa shape index (κ1) is 27.2. The molecule has 1 rings (SSSR count). The predicted octanol–water partition coefficient (Wildman–Crippen LogP) is -2.72. The number of nitrogens with two attached hydrogens (primary N) is 1. The molecule has 0 fully saturated rings. The van der Waals surface area contributed by atoms with Gasteiger partial charge in [-0.05, 0) is 19.3 Å². The van der Waals surface area contributed by atoms with E-state index in [9.17, 15) is 36.9 Å². The molecule has 3 atom stereocenters. The highest BCUT2D eigenvalue weighted by molar-refractivity contribution is 7.87. The molecule has 5 amide bonds. The second kappa shape index (κ2) is 11.7. The zero-order valence-corrected chi connectivity index (χ0v) is 18.8. The molecule has 1 aliphatic heterocycles. The summed E-state index contributed by atoms with van der Waals surface area (Å²) in [5.74, 6) is -4.29. The third kappa shape index (κ3) is 7.69. The maximum absolute atomic E-state index is 12.6. The van der Waals surface area contributed by atoms with Gasteiger partial charge in [0.05, 0.1) is 0 Å². The Labute approximate surface area is 185 Å². The number of nitrogens with zero attached hydrogens (tertiary/aromatic N) is 1. The van der Waals surface area contributed by atoms with Crippen molar-refractivity contribution in [1.82, 2.24) is 20.9 Å². The Morgan fingerprint density at radius 1 is 1.03 bits per heavy atom. The summed E-state index contributed by atoms with van der Waals surface area (Å²) >= 11 is 0. The Hall–Kier alpha value is -2.84. The molecule has 0 saturated carbocycles. The van der Waals surface area contributed by atoms with Crippen LogP contribution in [-0.2, 0) is 34.1 Å². The van der Waals surface area contributed by atoms with Crippen molar-refractivity contribution < 1.29 is 36.9 Å². The molecule has 6 N–H and O–H groups in total.